The average Bonchev–Trinajstić information content (AvgIpc) is 2.65. The van der Waals surface area contributed by atoms with Gasteiger partial charge in [-0.25, -0.2) is 0 Å². The number of ether oxygens (including phenoxy) is 2. The van der Waals surface area contributed by atoms with Gasteiger partial charge < -0.3 is 9.47 Å². The Bertz CT molecular complexity index is 946. The van der Waals surface area contributed by atoms with Crippen molar-refractivity contribution in [1.82, 2.24) is 0 Å². The van der Waals surface area contributed by atoms with E-state index in [0.717, 1.165) is 0 Å². The fourth-order valence-corrected chi connectivity index (χ4v) is 2.28. The number of nitrogens with zero attached hydrogens (tertiary/aromatic N) is 3. The molecule has 9 heteroatoms. The van der Waals surface area contributed by atoms with Crippen molar-refractivity contribution in [3.05, 3.63) is 67.8 Å². The summed E-state index contributed by atoms with van der Waals surface area (Å²) in [5.41, 5.74) is 0.198. The molecule has 0 aliphatic carbocycles. The highest BCUT2D eigenvalue weighted by atomic mass is 16.6. The summed E-state index contributed by atoms with van der Waals surface area (Å²) in [6.45, 7) is 0. The fraction of sp³-hybridized carbons (Fsp3) is 0.118. The molecule has 0 saturated carbocycles. The van der Waals surface area contributed by atoms with Crippen LogP contribution in [0.25, 0.3) is 11.6 Å². The van der Waals surface area contributed by atoms with Crippen molar-refractivity contribution in [1.29, 1.82) is 5.26 Å². The van der Waals surface area contributed by atoms with E-state index in [9.17, 15) is 25.5 Å². The minimum absolute atomic E-state index is 0.0119. The highest BCUT2D eigenvalue weighted by Gasteiger charge is 2.19. The van der Waals surface area contributed by atoms with E-state index in [1.54, 1.807) is 0 Å². The molecule has 0 aromatic heterocycles. The Hall–Kier alpha value is -3.93. The number of nitro groups is 2. The van der Waals surface area contributed by atoms with Gasteiger partial charge >= 0.3 is 5.69 Å². The molecular formula is C17H13N3O6. The van der Waals surface area contributed by atoms with Crippen LogP contribution in [0.1, 0.15) is 11.1 Å². The Balaban J connectivity index is 2.64. The Morgan fingerprint density at radius 2 is 1.77 bits per heavy atom. The standard InChI is InChI=1S/C17H13N3O6/c1-25-16-9-17(26-2)15(20(23)24)8-12(16)6-13(10-18)11-4-3-5-14(7-11)19(21)22/h3-9H,1-2H3. The number of nitriles is 1. The topological polar surface area (TPSA) is 129 Å². The van der Waals surface area contributed by atoms with Crippen molar-refractivity contribution in [2.24, 2.45) is 0 Å². The monoisotopic (exact) mass is 355 g/mol. The van der Waals surface area contributed by atoms with Crippen molar-refractivity contribution >= 4 is 23.0 Å². The molecule has 0 N–H and O–H groups in total. The minimum atomic E-state index is -0.616. The van der Waals surface area contributed by atoms with Gasteiger partial charge in [0.05, 0.1) is 35.7 Å². The zero-order valence-electron chi connectivity index (χ0n) is 13.8. The van der Waals surface area contributed by atoms with E-state index in [-0.39, 0.29) is 34.0 Å². The van der Waals surface area contributed by atoms with Crippen LogP contribution in [-0.4, -0.2) is 24.1 Å². The second-order valence-electron chi connectivity index (χ2n) is 5.00. The molecule has 2 rings (SSSR count). The predicted molar refractivity (Wildman–Crippen MR) is 92.8 cm³/mol. The van der Waals surface area contributed by atoms with Gasteiger partial charge in [0, 0.05) is 29.8 Å². The summed E-state index contributed by atoms with van der Waals surface area (Å²) in [6, 6.07) is 10.0. The van der Waals surface area contributed by atoms with Gasteiger partial charge in [-0.2, -0.15) is 5.26 Å². The maximum atomic E-state index is 11.2. The third-order valence-corrected chi connectivity index (χ3v) is 3.52. The average molecular weight is 355 g/mol. The van der Waals surface area contributed by atoms with Gasteiger partial charge in [0.2, 0.25) is 5.75 Å². The number of hydrogen-bond donors (Lipinski definition) is 0. The molecule has 0 unspecified atom stereocenters. The molecule has 26 heavy (non-hydrogen) atoms. The minimum Gasteiger partial charge on any atom is -0.496 e. The maximum Gasteiger partial charge on any atom is 0.311 e. The molecule has 0 aliphatic rings. The van der Waals surface area contributed by atoms with Crippen LogP contribution in [0.15, 0.2) is 36.4 Å². The summed E-state index contributed by atoms with van der Waals surface area (Å²) < 4.78 is 10.2. The summed E-state index contributed by atoms with van der Waals surface area (Å²) >= 11 is 0. The van der Waals surface area contributed by atoms with E-state index in [4.69, 9.17) is 9.47 Å². The van der Waals surface area contributed by atoms with Gasteiger partial charge in [0.25, 0.3) is 5.69 Å². The molecule has 2 aromatic carbocycles. The van der Waals surface area contributed by atoms with Crippen molar-refractivity contribution in [3.63, 3.8) is 0 Å². The first-order valence-electron chi connectivity index (χ1n) is 7.18. The predicted octanol–water partition coefficient (Wildman–Crippen LogP) is 3.58. The summed E-state index contributed by atoms with van der Waals surface area (Å²) in [7, 11) is 2.67. The normalized spacial score (nSPS) is 10.7. The lowest BCUT2D eigenvalue weighted by Crippen LogP contribution is -1.97. The number of hydrogen-bond acceptors (Lipinski definition) is 7. The molecule has 0 radical (unpaired) electrons. The highest BCUT2D eigenvalue weighted by Crippen LogP contribution is 2.36. The number of nitro benzene ring substituents is 2. The Morgan fingerprint density at radius 1 is 1.08 bits per heavy atom. The second-order valence-corrected chi connectivity index (χ2v) is 5.00. The van der Waals surface area contributed by atoms with Crippen LogP contribution in [-0.2, 0) is 0 Å². The number of non-ortho nitro benzene ring substituents is 1. The van der Waals surface area contributed by atoms with Crippen LogP contribution in [0.5, 0.6) is 11.5 Å². The molecule has 0 bridgehead atoms. The highest BCUT2D eigenvalue weighted by molar-refractivity contribution is 5.91. The van der Waals surface area contributed by atoms with E-state index in [0.29, 0.717) is 5.56 Å². The zero-order valence-corrected chi connectivity index (χ0v) is 13.8. The Morgan fingerprint density at radius 3 is 2.31 bits per heavy atom. The fourth-order valence-electron chi connectivity index (χ4n) is 2.28. The molecule has 9 nitrogen and oxygen atoms in total. The van der Waals surface area contributed by atoms with Gasteiger partial charge in [-0.1, -0.05) is 12.1 Å². The van der Waals surface area contributed by atoms with Gasteiger partial charge in [-0.15, -0.1) is 0 Å². The van der Waals surface area contributed by atoms with Crippen LogP contribution in [0, 0.1) is 31.6 Å². The maximum absolute atomic E-state index is 11.2. The van der Waals surface area contributed by atoms with Crippen molar-refractivity contribution in [3.8, 4) is 17.6 Å². The van der Waals surface area contributed by atoms with E-state index in [2.05, 4.69) is 0 Å². The first-order chi connectivity index (χ1) is 12.4. The molecule has 2 aromatic rings. The molecule has 0 heterocycles. The van der Waals surface area contributed by atoms with Crippen molar-refractivity contribution in [2.45, 2.75) is 0 Å². The number of rotatable bonds is 6. The summed E-state index contributed by atoms with van der Waals surface area (Å²) in [4.78, 5) is 20.9. The molecule has 0 fully saturated rings. The van der Waals surface area contributed by atoms with Crippen molar-refractivity contribution < 1.29 is 19.3 Å². The Labute approximate surface area is 148 Å². The van der Waals surface area contributed by atoms with E-state index < -0.39 is 9.85 Å². The molecule has 132 valence electrons. The van der Waals surface area contributed by atoms with Crippen LogP contribution in [0.4, 0.5) is 11.4 Å². The van der Waals surface area contributed by atoms with Crippen LogP contribution < -0.4 is 9.47 Å². The van der Waals surface area contributed by atoms with Crippen LogP contribution >= 0.6 is 0 Å². The molecule has 0 spiro atoms. The number of allylic oxidation sites excluding steroid dienone is 1. The number of methoxy groups -OCH3 is 2. The van der Waals surface area contributed by atoms with Gasteiger partial charge in [-0.05, 0) is 11.6 Å². The first kappa shape index (κ1) is 18.4. The van der Waals surface area contributed by atoms with E-state index in [1.807, 2.05) is 6.07 Å². The summed E-state index contributed by atoms with van der Waals surface area (Å²) in [5, 5.41) is 31.5. The lowest BCUT2D eigenvalue weighted by Gasteiger charge is -2.09. The Kier molecular flexibility index (Phi) is 5.49. The molecular weight excluding hydrogens is 342 g/mol. The second kappa shape index (κ2) is 7.76. The molecule has 0 amide bonds. The molecule has 0 aliphatic heterocycles. The van der Waals surface area contributed by atoms with Crippen LogP contribution in [0.3, 0.4) is 0 Å². The van der Waals surface area contributed by atoms with E-state index >= 15 is 0 Å². The quantitative estimate of drug-likeness (QED) is 0.335. The molecule has 0 saturated heterocycles. The van der Waals surface area contributed by atoms with Gasteiger partial charge in [0.1, 0.15) is 5.75 Å². The van der Waals surface area contributed by atoms with Gasteiger partial charge in [0.15, 0.2) is 0 Å². The lowest BCUT2D eigenvalue weighted by molar-refractivity contribution is -0.385. The molecule has 0 atom stereocenters. The van der Waals surface area contributed by atoms with Gasteiger partial charge in [-0.3, -0.25) is 20.2 Å². The largest absolute Gasteiger partial charge is 0.496 e. The zero-order chi connectivity index (χ0) is 19.3. The SMILES string of the molecule is COc1cc(OC)c([N+](=O)[O-])cc1C=C(C#N)c1cccc([N+](=O)[O-])c1. The number of benzene rings is 2. The third kappa shape index (κ3) is 3.76. The third-order valence-electron chi connectivity index (χ3n) is 3.52. The first-order valence-corrected chi connectivity index (χ1v) is 7.18. The smallest absolute Gasteiger partial charge is 0.311 e. The van der Waals surface area contributed by atoms with Crippen molar-refractivity contribution in [2.75, 3.05) is 14.2 Å². The van der Waals surface area contributed by atoms with Crippen LogP contribution in [0.2, 0.25) is 0 Å². The van der Waals surface area contributed by atoms with E-state index in [1.165, 1.54) is 56.7 Å². The lowest BCUT2D eigenvalue weighted by atomic mass is 10.0. The summed E-state index contributed by atoms with van der Waals surface area (Å²) in [6.07, 6.45) is 1.37. The summed E-state index contributed by atoms with van der Waals surface area (Å²) in [5.74, 6) is 0.267.